The minimum Gasteiger partial charge on any atom is -0.427 e. The van der Waals surface area contributed by atoms with Gasteiger partial charge in [0.25, 0.3) is 5.91 Å². The molecule has 2 aromatic carbocycles. The fourth-order valence-corrected chi connectivity index (χ4v) is 2.21. The molecule has 0 saturated carbocycles. The predicted molar refractivity (Wildman–Crippen MR) is 94.3 cm³/mol. The van der Waals surface area contributed by atoms with Crippen LogP contribution in [0.2, 0.25) is 0 Å². The maximum absolute atomic E-state index is 12.3. The molecule has 0 aliphatic rings. The second kappa shape index (κ2) is 8.46. The standard InChI is InChI=1S/C20H18N2O3/c1-14(17-6-4-3-5-7-17)22-20(24)18(13-21)12-16-8-10-19(11-9-16)25-15(2)23/h3-12,14H,1-2H3,(H,22,24)/b18-12+/t14-/m0/s1. The number of carbonyl (C=O) groups excluding carboxylic acids is 2. The molecule has 0 bridgehead atoms. The Morgan fingerprint density at radius 1 is 1.12 bits per heavy atom. The van der Waals surface area contributed by atoms with Crippen molar-refractivity contribution < 1.29 is 14.3 Å². The Hall–Kier alpha value is -3.39. The van der Waals surface area contributed by atoms with Crippen molar-refractivity contribution in [2.45, 2.75) is 19.9 Å². The largest absolute Gasteiger partial charge is 0.427 e. The van der Waals surface area contributed by atoms with Crippen molar-refractivity contribution in [1.29, 1.82) is 5.26 Å². The second-order valence-electron chi connectivity index (χ2n) is 5.44. The Morgan fingerprint density at radius 2 is 1.76 bits per heavy atom. The fourth-order valence-electron chi connectivity index (χ4n) is 2.21. The molecule has 25 heavy (non-hydrogen) atoms. The molecule has 0 unspecified atom stereocenters. The lowest BCUT2D eigenvalue weighted by molar-refractivity contribution is -0.131. The molecule has 0 spiro atoms. The summed E-state index contributed by atoms with van der Waals surface area (Å²) in [6.07, 6.45) is 1.49. The van der Waals surface area contributed by atoms with E-state index in [0.717, 1.165) is 5.56 Å². The number of hydrogen-bond acceptors (Lipinski definition) is 4. The van der Waals surface area contributed by atoms with Gasteiger partial charge < -0.3 is 10.1 Å². The van der Waals surface area contributed by atoms with Gasteiger partial charge in [-0.15, -0.1) is 0 Å². The maximum atomic E-state index is 12.3. The zero-order valence-electron chi connectivity index (χ0n) is 14.0. The third kappa shape index (κ3) is 5.33. The summed E-state index contributed by atoms with van der Waals surface area (Å²) < 4.78 is 4.95. The summed E-state index contributed by atoms with van der Waals surface area (Å²) in [6, 6.07) is 17.8. The first-order chi connectivity index (χ1) is 12.0. The number of rotatable bonds is 5. The first-order valence-electron chi connectivity index (χ1n) is 7.75. The highest BCUT2D eigenvalue weighted by molar-refractivity contribution is 6.01. The van der Waals surface area contributed by atoms with E-state index in [0.29, 0.717) is 11.3 Å². The van der Waals surface area contributed by atoms with E-state index >= 15 is 0 Å². The molecule has 0 aliphatic carbocycles. The molecular weight excluding hydrogens is 316 g/mol. The molecule has 2 rings (SSSR count). The van der Waals surface area contributed by atoms with Crippen molar-refractivity contribution in [2.75, 3.05) is 0 Å². The highest BCUT2D eigenvalue weighted by atomic mass is 16.5. The van der Waals surface area contributed by atoms with Gasteiger partial charge in [-0.2, -0.15) is 5.26 Å². The van der Waals surface area contributed by atoms with Crippen molar-refractivity contribution in [3.63, 3.8) is 0 Å². The summed E-state index contributed by atoms with van der Waals surface area (Å²) in [4.78, 5) is 23.2. The lowest BCUT2D eigenvalue weighted by Gasteiger charge is -2.13. The monoisotopic (exact) mass is 334 g/mol. The quantitative estimate of drug-likeness (QED) is 0.393. The van der Waals surface area contributed by atoms with E-state index in [2.05, 4.69) is 5.32 Å². The number of esters is 1. The summed E-state index contributed by atoms with van der Waals surface area (Å²) in [5.41, 5.74) is 1.62. The number of hydrogen-bond donors (Lipinski definition) is 1. The highest BCUT2D eigenvalue weighted by Gasteiger charge is 2.13. The first kappa shape index (κ1) is 18.0. The van der Waals surface area contributed by atoms with E-state index in [1.807, 2.05) is 43.3 Å². The molecule has 126 valence electrons. The van der Waals surface area contributed by atoms with E-state index < -0.39 is 11.9 Å². The molecule has 1 atom stereocenters. The van der Waals surface area contributed by atoms with E-state index in [1.54, 1.807) is 24.3 Å². The molecule has 0 heterocycles. The van der Waals surface area contributed by atoms with Gasteiger partial charge in [-0.1, -0.05) is 42.5 Å². The van der Waals surface area contributed by atoms with Crippen LogP contribution in [0.4, 0.5) is 0 Å². The summed E-state index contributed by atoms with van der Waals surface area (Å²) >= 11 is 0. The van der Waals surface area contributed by atoms with Crippen LogP contribution in [0.5, 0.6) is 5.75 Å². The minimum atomic E-state index is -0.442. The molecule has 0 aromatic heterocycles. The third-order valence-corrected chi connectivity index (χ3v) is 3.46. The number of nitriles is 1. The van der Waals surface area contributed by atoms with Gasteiger partial charge >= 0.3 is 5.97 Å². The van der Waals surface area contributed by atoms with Crippen molar-refractivity contribution >= 4 is 18.0 Å². The maximum Gasteiger partial charge on any atom is 0.308 e. The molecule has 0 aliphatic heterocycles. The van der Waals surface area contributed by atoms with Crippen molar-refractivity contribution in [3.8, 4) is 11.8 Å². The molecule has 0 saturated heterocycles. The Bertz CT molecular complexity index is 818. The zero-order chi connectivity index (χ0) is 18.2. The Labute approximate surface area is 146 Å². The summed E-state index contributed by atoms with van der Waals surface area (Å²) in [7, 11) is 0. The van der Waals surface area contributed by atoms with E-state index in [4.69, 9.17) is 4.74 Å². The summed E-state index contributed by atoms with van der Waals surface area (Å²) in [5.74, 6) is -0.441. The molecule has 5 heteroatoms. The van der Waals surface area contributed by atoms with Gasteiger partial charge in [-0.25, -0.2) is 0 Å². The van der Waals surface area contributed by atoms with Gasteiger partial charge in [0.05, 0.1) is 6.04 Å². The molecule has 5 nitrogen and oxygen atoms in total. The topological polar surface area (TPSA) is 79.2 Å². The van der Waals surface area contributed by atoms with Crippen LogP contribution >= 0.6 is 0 Å². The van der Waals surface area contributed by atoms with Gasteiger partial charge in [-0.05, 0) is 36.3 Å². The summed E-state index contributed by atoms with van der Waals surface area (Å²) in [6.45, 7) is 3.18. The average molecular weight is 334 g/mol. The minimum absolute atomic E-state index is 0.00279. The zero-order valence-corrected chi connectivity index (χ0v) is 14.0. The van der Waals surface area contributed by atoms with Gasteiger partial charge in [-0.3, -0.25) is 9.59 Å². The lowest BCUT2D eigenvalue weighted by Crippen LogP contribution is -2.27. The number of amides is 1. The Morgan fingerprint density at radius 3 is 2.32 bits per heavy atom. The number of benzene rings is 2. The van der Waals surface area contributed by atoms with E-state index in [-0.39, 0.29) is 11.6 Å². The summed E-state index contributed by atoms with van der Waals surface area (Å²) in [5, 5.41) is 12.1. The molecule has 1 amide bonds. The number of nitrogens with zero attached hydrogens (tertiary/aromatic N) is 1. The van der Waals surface area contributed by atoms with Crippen LogP contribution in [-0.4, -0.2) is 11.9 Å². The Balaban J connectivity index is 2.10. The Kier molecular flexibility index (Phi) is 6.08. The SMILES string of the molecule is CC(=O)Oc1ccc(/C=C(\C#N)C(=O)N[C@@H](C)c2ccccc2)cc1. The van der Waals surface area contributed by atoms with Gasteiger partial charge in [0.2, 0.25) is 0 Å². The van der Waals surface area contributed by atoms with Crippen molar-refractivity contribution in [3.05, 3.63) is 71.3 Å². The number of carbonyl (C=O) groups is 2. The van der Waals surface area contributed by atoms with Crippen LogP contribution < -0.4 is 10.1 Å². The normalized spacial score (nSPS) is 12.0. The van der Waals surface area contributed by atoms with Crippen LogP contribution in [0.1, 0.15) is 31.0 Å². The smallest absolute Gasteiger partial charge is 0.308 e. The highest BCUT2D eigenvalue weighted by Crippen LogP contribution is 2.16. The number of ether oxygens (including phenoxy) is 1. The predicted octanol–water partition coefficient (Wildman–Crippen LogP) is 3.40. The van der Waals surface area contributed by atoms with Crippen LogP contribution in [0.15, 0.2) is 60.2 Å². The molecule has 1 N–H and O–H groups in total. The molecule has 0 fully saturated rings. The van der Waals surface area contributed by atoms with E-state index in [1.165, 1.54) is 13.0 Å². The second-order valence-corrected chi connectivity index (χ2v) is 5.44. The number of nitrogens with one attached hydrogen (secondary N) is 1. The van der Waals surface area contributed by atoms with Crippen molar-refractivity contribution in [1.82, 2.24) is 5.32 Å². The van der Waals surface area contributed by atoms with Crippen LogP contribution in [0.3, 0.4) is 0 Å². The van der Waals surface area contributed by atoms with Gasteiger partial charge in [0.15, 0.2) is 0 Å². The van der Waals surface area contributed by atoms with E-state index in [9.17, 15) is 14.9 Å². The van der Waals surface area contributed by atoms with Crippen molar-refractivity contribution in [2.24, 2.45) is 0 Å². The third-order valence-electron chi connectivity index (χ3n) is 3.46. The lowest BCUT2D eigenvalue weighted by atomic mass is 10.1. The van der Waals surface area contributed by atoms with Crippen LogP contribution in [0.25, 0.3) is 6.08 Å². The molecule has 2 aromatic rings. The van der Waals surface area contributed by atoms with Gasteiger partial charge in [0, 0.05) is 6.92 Å². The molecule has 0 radical (unpaired) electrons. The average Bonchev–Trinajstić information content (AvgIpc) is 2.61. The molecular formula is C20H18N2O3. The van der Waals surface area contributed by atoms with Crippen LogP contribution in [-0.2, 0) is 9.59 Å². The van der Waals surface area contributed by atoms with Gasteiger partial charge in [0.1, 0.15) is 17.4 Å². The fraction of sp³-hybridized carbons (Fsp3) is 0.150. The van der Waals surface area contributed by atoms with Crippen LogP contribution in [0, 0.1) is 11.3 Å². The first-order valence-corrected chi connectivity index (χ1v) is 7.75.